The van der Waals surface area contributed by atoms with Crippen molar-refractivity contribution < 1.29 is 9.15 Å². The van der Waals surface area contributed by atoms with Gasteiger partial charge in [0.25, 0.3) is 0 Å². The van der Waals surface area contributed by atoms with Gasteiger partial charge in [-0.3, -0.25) is 0 Å². The molecule has 0 unspecified atom stereocenters. The monoisotopic (exact) mass is 223 g/mol. The van der Waals surface area contributed by atoms with Crippen LogP contribution in [0, 0.1) is 5.92 Å². The van der Waals surface area contributed by atoms with Crippen LogP contribution in [0.3, 0.4) is 0 Å². The molecule has 1 saturated carbocycles. The van der Waals surface area contributed by atoms with Crippen LogP contribution in [-0.2, 0) is 17.9 Å². The molecule has 2 rings (SSSR count). The minimum Gasteiger partial charge on any atom is -0.467 e. The molecule has 1 aromatic heterocycles. The first-order valence-corrected chi connectivity index (χ1v) is 6.22. The van der Waals surface area contributed by atoms with E-state index in [2.05, 4.69) is 0 Å². The van der Waals surface area contributed by atoms with Gasteiger partial charge in [-0.05, 0) is 24.8 Å². The molecular weight excluding hydrogens is 202 g/mol. The van der Waals surface area contributed by atoms with Gasteiger partial charge in [-0.25, -0.2) is 0 Å². The Kier molecular flexibility index (Phi) is 4.43. The summed E-state index contributed by atoms with van der Waals surface area (Å²) >= 11 is 0. The molecule has 3 heteroatoms. The van der Waals surface area contributed by atoms with Crippen molar-refractivity contribution in [2.45, 2.75) is 45.3 Å². The predicted octanol–water partition coefficient (Wildman–Crippen LogP) is 2.84. The van der Waals surface area contributed by atoms with Crippen molar-refractivity contribution in [2.24, 2.45) is 11.7 Å². The van der Waals surface area contributed by atoms with Gasteiger partial charge < -0.3 is 14.9 Å². The van der Waals surface area contributed by atoms with Crippen LogP contribution in [0.25, 0.3) is 0 Å². The van der Waals surface area contributed by atoms with Crippen LogP contribution in [-0.4, -0.2) is 6.61 Å². The number of furan rings is 1. The Morgan fingerprint density at radius 1 is 1.31 bits per heavy atom. The Morgan fingerprint density at radius 2 is 2.12 bits per heavy atom. The lowest BCUT2D eigenvalue weighted by Gasteiger charge is -2.20. The molecular formula is C13H21NO2. The Balaban J connectivity index is 1.66. The predicted molar refractivity (Wildman–Crippen MR) is 62.8 cm³/mol. The van der Waals surface area contributed by atoms with E-state index in [9.17, 15) is 0 Å². The normalized spacial score (nSPS) is 17.8. The molecule has 0 spiro atoms. The zero-order valence-corrected chi connectivity index (χ0v) is 9.78. The SMILES string of the molecule is NCc1coc(COCC2CCCCC2)c1. The van der Waals surface area contributed by atoms with Gasteiger partial charge >= 0.3 is 0 Å². The zero-order valence-electron chi connectivity index (χ0n) is 9.78. The maximum absolute atomic E-state index is 5.68. The molecule has 0 aromatic carbocycles. The van der Waals surface area contributed by atoms with E-state index in [0.29, 0.717) is 13.2 Å². The van der Waals surface area contributed by atoms with Crippen LogP contribution in [0.1, 0.15) is 43.4 Å². The molecule has 0 aliphatic heterocycles. The van der Waals surface area contributed by atoms with E-state index in [1.165, 1.54) is 32.1 Å². The maximum Gasteiger partial charge on any atom is 0.129 e. The van der Waals surface area contributed by atoms with E-state index < -0.39 is 0 Å². The topological polar surface area (TPSA) is 48.4 Å². The minimum absolute atomic E-state index is 0.534. The molecule has 0 bridgehead atoms. The van der Waals surface area contributed by atoms with Crippen molar-refractivity contribution in [2.75, 3.05) is 6.61 Å². The van der Waals surface area contributed by atoms with Gasteiger partial charge in [0.1, 0.15) is 12.4 Å². The number of rotatable bonds is 5. The van der Waals surface area contributed by atoms with Gasteiger partial charge in [0.2, 0.25) is 0 Å². The Morgan fingerprint density at radius 3 is 2.81 bits per heavy atom. The third kappa shape index (κ3) is 3.35. The van der Waals surface area contributed by atoms with Crippen LogP contribution in [0.2, 0.25) is 0 Å². The van der Waals surface area contributed by atoms with Gasteiger partial charge in [-0.15, -0.1) is 0 Å². The fraction of sp³-hybridized carbons (Fsp3) is 0.692. The summed E-state index contributed by atoms with van der Waals surface area (Å²) in [4.78, 5) is 0. The summed E-state index contributed by atoms with van der Waals surface area (Å²) in [6, 6.07) is 1.97. The number of nitrogens with two attached hydrogens (primary N) is 1. The van der Waals surface area contributed by atoms with E-state index in [-0.39, 0.29) is 0 Å². The summed E-state index contributed by atoms with van der Waals surface area (Å²) < 4.78 is 11.0. The van der Waals surface area contributed by atoms with Crippen molar-refractivity contribution in [1.29, 1.82) is 0 Å². The summed E-state index contributed by atoms with van der Waals surface area (Å²) in [5.74, 6) is 1.65. The van der Waals surface area contributed by atoms with Crippen molar-refractivity contribution in [1.82, 2.24) is 0 Å². The van der Waals surface area contributed by atoms with E-state index in [1.807, 2.05) is 6.07 Å². The standard InChI is InChI=1S/C13H21NO2/c14-7-12-6-13(16-9-12)10-15-8-11-4-2-1-3-5-11/h6,9,11H,1-5,7-8,10,14H2. The minimum atomic E-state index is 0.534. The molecule has 2 N–H and O–H groups in total. The summed E-state index contributed by atoms with van der Waals surface area (Å²) in [5, 5.41) is 0. The average molecular weight is 223 g/mol. The number of hydrogen-bond donors (Lipinski definition) is 1. The van der Waals surface area contributed by atoms with Crippen LogP contribution in [0.4, 0.5) is 0 Å². The second-order valence-corrected chi connectivity index (χ2v) is 4.64. The zero-order chi connectivity index (χ0) is 11.2. The first-order chi connectivity index (χ1) is 7.88. The molecule has 1 fully saturated rings. The van der Waals surface area contributed by atoms with Crippen molar-refractivity contribution in [3.05, 3.63) is 23.7 Å². The van der Waals surface area contributed by atoms with Crippen LogP contribution >= 0.6 is 0 Å². The fourth-order valence-electron chi connectivity index (χ4n) is 2.29. The van der Waals surface area contributed by atoms with E-state index in [4.69, 9.17) is 14.9 Å². The molecule has 1 aromatic rings. The van der Waals surface area contributed by atoms with Gasteiger partial charge in [-0.2, -0.15) is 0 Å². The second kappa shape index (κ2) is 6.06. The molecule has 0 radical (unpaired) electrons. The average Bonchev–Trinajstić information content (AvgIpc) is 2.78. The molecule has 1 aliphatic rings. The smallest absolute Gasteiger partial charge is 0.129 e. The third-order valence-electron chi connectivity index (χ3n) is 3.27. The highest BCUT2D eigenvalue weighted by molar-refractivity contribution is 5.11. The lowest BCUT2D eigenvalue weighted by molar-refractivity contribution is 0.0637. The van der Waals surface area contributed by atoms with Gasteiger partial charge in [0.15, 0.2) is 0 Å². The van der Waals surface area contributed by atoms with E-state index in [0.717, 1.165) is 23.8 Å². The molecule has 0 atom stereocenters. The Bertz CT molecular complexity index is 303. The molecule has 3 nitrogen and oxygen atoms in total. The molecule has 1 aliphatic carbocycles. The summed E-state index contributed by atoms with van der Waals surface area (Å²) in [7, 11) is 0. The van der Waals surface area contributed by atoms with Crippen LogP contribution in [0.15, 0.2) is 16.7 Å². The lowest BCUT2D eigenvalue weighted by atomic mass is 9.90. The highest BCUT2D eigenvalue weighted by Gasteiger charge is 2.13. The molecule has 0 saturated heterocycles. The second-order valence-electron chi connectivity index (χ2n) is 4.64. The van der Waals surface area contributed by atoms with E-state index >= 15 is 0 Å². The van der Waals surface area contributed by atoms with Crippen molar-refractivity contribution >= 4 is 0 Å². The molecule has 1 heterocycles. The summed E-state index contributed by atoms with van der Waals surface area (Å²) in [5.41, 5.74) is 6.55. The quantitative estimate of drug-likeness (QED) is 0.835. The lowest BCUT2D eigenvalue weighted by Crippen LogP contribution is -2.13. The highest BCUT2D eigenvalue weighted by atomic mass is 16.5. The first kappa shape index (κ1) is 11.7. The number of ether oxygens (including phenoxy) is 1. The molecule has 90 valence electrons. The summed E-state index contributed by atoms with van der Waals surface area (Å²) in [6.45, 7) is 1.99. The maximum atomic E-state index is 5.68. The van der Waals surface area contributed by atoms with E-state index in [1.54, 1.807) is 6.26 Å². The Hall–Kier alpha value is -0.800. The Labute approximate surface area is 97.0 Å². The molecule has 0 amide bonds. The van der Waals surface area contributed by atoms with Gasteiger partial charge in [-0.1, -0.05) is 19.3 Å². The highest BCUT2D eigenvalue weighted by Crippen LogP contribution is 2.24. The largest absolute Gasteiger partial charge is 0.467 e. The first-order valence-electron chi connectivity index (χ1n) is 6.22. The van der Waals surface area contributed by atoms with Crippen LogP contribution < -0.4 is 5.73 Å². The molecule has 16 heavy (non-hydrogen) atoms. The van der Waals surface area contributed by atoms with Gasteiger partial charge in [0.05, 0.1) is 6.26 Å². The fourth-order valence-corrected chi connectivity index (χ4v) is 2.29. The van der Waals surface area contributed by atoms with Crippen LogP contribution in [0.5, 0.6) is 0 Å². The van der Waals surface area contributed by atoms with Gasteiger partial charge in [0, 0.05) is 18.7 Å². The number of hydrogen-bond acceptors (Lipinski definition) is 3. The van der Waals surface area contributed by atoms with Crippen molar-refractivity contribution in [3.63, 3.8) is 0 Å². The van der Waals surface area contributed by atoms with Crippen molar-refractivity contribution in [3.8, 4) is 0 Å². The summed E-state index contributed by atoms with van der Waals surface area (Å²) in [6.07, 6.45) is 8.49. The third-order valence-corrected chi connectivity index (χ3v) is 3.27.